The number of sulfonamides is 1. The molecular weight excluding hydrogens is 400 g/mol. The van der Waals surface area contributed by atoms with E-state index in [4.69, 9.17) is 0 Å². The second kappa shape index (κ2) is 7.92. The SMILES string of the molecule is CCc1ccc(S(=O)(=O)Nc2ccc(C(=O)N[C@H]3CCS(=O)(=O)C3)cc2)cc1. The number of rotatable bonds is 6. The predicted molar refractivity (Wildman–Crippen MR) is 108 cm³/mol. The van der Waals surface area contributed by atoms with Crippen molar-refractivity contribution in [1.29, 1.82) is 0 Å². The summed E-state index contributed by atoms with van der Waals surface area (Å²) >= 11 is 0. The van der Waals surface area contributed by atoms with E-state index in [0.29, 0.717) is 17.7 Å². The van der Waals surface area contributed by atoms with Crippen molar-refractivity contribution in [2.45, 2.75) is 30.7 Å². The Kier molecular flexibility index (Phi) is 5.76. The van der Waals surface area contributed by atoms with Gasteiger partial charge in [0.2, 0.25) is 0 Å². The largest absolute Gasteiger partial charge is 0.348 e. The molecule has 0 radical (unpaired) electrons. The molecule has 1 aliphatic heterocycles. The molecule has 0 spiro atoms. The van der Waals surface area contributed by atoms with Crippen LogP contribution >= 0.6 is 0 Å². The Labute approximate surface area is 165 Å². The quantitative estimate of drug-likeness (QED) is 0.740. The summed E-state index contributed by atoms with van der Waals surface area (Å²) in [6.07, 6.45) is 1.23. The van der Waals surface area contributed by atoms with Crippen LogP contribution < -0.4 is 10.0 Å². The van der Waals surface area contributed by atoms with Crippen molar-refractivity contribution >= 4 is 31.5 Å². The average molecular weight is 423 g/mol. The number of nitrogens with one attached hydrogen (secondary N) is 2. The highest BCUT2D eigenvalue weighted by molar-refractivity contribution is 7.92. The van der Waals surface area contributed by atoms with E-state index in [1.807, 2.05) is 6.92 Å². The molecule has 1 amide bonds. The van der Waals surface area contributed by atoms with Gasteiger partial charge in [-0.15, -0.1) is 0 Å². The van der Waals surface area contributed by atoms with Gasteiger partial charge < -0.3 is 5.32 Å². The second-order valence-corrected chi connectivity index (χ2v) is 10.7. The molecule has 0 bridgehead atoms. The van der Waals surface area contributed by atoms with Gasteiger partial charge >= 0.3 is 0 Å². The van der Waals surface area contributed by atoms with E-state index in [2.05, 4.69) is 10.0 Å². The zero-order valence-corrected chi connectivity index (χ0v) is 17.0. The number of benzene rings is 2. The lowest BCUT2D eigenvalue weighted by atomic mass is 10.1. The second-order valence-electron chi connectivity index (χ2n) is 6.75. The summed E-state index contributed by atoms with van der Waals surface area (Å²) in [4.78, 5) is 12.4. The van der Waals surface area contributed by atoms with Crippen LogP contribution in [-0.4, -0.2) is 40.3 Å². The number of anilines is 1. The molecule has 0 saturated carbocycles. The van der Waals surface area contributed by atoms with Crippen LogP contribution in [0, 0.1) is 0 Å². The van der Waals surface area contributed by atoms with Gasteiger partial charge in [0, 0.05) is 17.3 Å². The molecule has 2 aromatic rings. The van der Waals surface area contributed by atoms with Crippen molar-refractivity contribution in [2.75, 3.05) is 16.2 Å². The first-order valence-electron chi connectivity index (χ1n) is 8.91. The van der Waals surface area contributed by atoms with Crippen molar-refractivity contribution in [3.05, 3.63) is 59.7 Å². The fraction of sp³-hybridized carbons (Fsp3) is 0.316. The lowest BCUT2D eigenvalue weighted by molar-refractivity contribution is 0.0941. The van der Waals surface area contributed by atoms with Gasteiger partial charge in [-0.05, 0) is 54.8 Å². The number of sulfone groups is 1. The number of hydrogen-bond donors (Lipinski definition) is 2. The minimum Gasteiger partial charge on any atom is -0.348 e. The molecule has 1 saturated heterocycles. The Morgan fingerprint density at radius 2 is 1.71 bits per heavy atom. The number of amides is 1. The number of carbonyl (C=O) groups excluding carboxylic acids is 1. The molecule has 9 heteroatoms. The first-order chi connectivity index (χ1) is 13.2. The van der Waals surface area contributed by atoms with E-state index in [-0.39, 0.29) is 28.4 Å². The molecule has 1 aliphatic rings. The smallest absolute Gasteiger partial charge is 0.261 e. The van der Waals surface area contributed by atoms with E-state index in [9.17, 15) is 21.6 Å². The molecule has 3 rings (SSSR count). The normalized spacial score (nSPS) is 18.5. The van der Waals surface area contributed by atoms with Crippen LogP contribution in [0.3, 0.4) is 0 Å². The molecule has 1 heterocycles. The summed E-state index contributed by atoms with van der Waals surface area (Å²) in [5.41, 5.74) is 1.71. The van der Waals surface area contributed by atoms with Gasteiger partial charge in [0.05, 0.1) is 16.4 Å². The summed E-state index contributed by atoms with van der Waals surface area (Å²) in [7, 11) is -6.79. The standard InChI is InChI=1S/C19H22N2O5S2/c1-2-14-3-9-18(10-4-14)28(25,26)21-16-7-5-15(6-8-16)19(22)20-17-11-12-27(23,24)13-17/h3-10,17,21H,2,11-13H2,1H3,(H,20,22)/t17-/m0/s1. The summed E-state index contributed by atoms with van der Waals surface area (Å²) in [6.45, 7) is 1.99. The van der Waals surface area contributed by atoms with Crippen LogP contribution in [0.25, 0.3) is 0 Å². The molecular formula is C19H22N2O5S2. The highest BCUT2D eigenvalue weighted by Crippen LogP contribution is 2.18. The zero-order chi connectivity index (χ0) is 20.4. The molecule has 0 unspecified atom stereocenters. The Morgan fingerprint density at radius 3 is 2.25 bits per heavy atom. The highest BCUT2D eigenvalue weighted by atomic mass is 32.2. The van der Waals surface area contributed by atoms with Crippen molar-refractivity contribution in [3.8, 4) is 0 Å². The van der Waals surface area contributed by atoms with Crippen molar-refractivity contribution in [3.63, 3.8) is 0 Å². The van der Waals surface area contributed by atoms with E-state index >= 15 is 0 Å². The Morgan fingerprint density at radius 1 is 1.07 bits per heavy atom. The van der Waals surface area contributed by atoms with Gasteiger partial charge in [0.1, 0.15) is 0 Å². The first kappa shape index (κ1) is 20.3. The van der Waals surface area contributed by atoms with Crippen LogP contribution in [0.5, 0.6) is 0 Å². The van der Waals surface area contributed by atoms with Crippen LogP contribution in [0.15, 0.2) is 53.4 Å². The summed E-state index contributed by atoms with van der Waals surface area (Å²) in [6, 6.07) is 12.2. The monoisotopic (exact) mass is 422 g/mol. The van der Waals surface area contributed by atoms with Crippen LogP contribution in [0.4, 0.5) is 5.69 Å². The maximum atomic E-state index is 12.5. The fourth-order valence-electron chi connectivity index (χ4n) is 2.99. The molecule has 28 heavy (non-hydrogen) atoms. The Balaban J connectivity index is 1.65. The van der Waals surface area contributed by atoms with Crippen molar-refractivity contribution in [1.82, 2.24) is 5.32 Å². The van der Waals surface area contributed by atoms with Crippen molar-refractivity contribution < 1.29 is 21.6 Å². The minimum absolute atomic E-state index is 0.0482. The molecule has 1 fully saturated rings. The molecule has 150 valence electrons. The maximum Gasteiger partial charge on any atom is 0.261 e. The molecule has 2 aromatic carbocycles. The van der Waals surface area contributed by atoms with Gasteiger partial charge in [-0.25, -0.2) is 16.8 Å². The average Bonchev–Trinajstić information content (AvgIpc) is 3.00. The Hall–Kier alpha value is -2.39. The maximum absolute atomic E-state index is 12.5. The van der Waals surface area contributed by atoms with Gasteiger partial charge in [-0.1, -0.05) is 19.1 Å². The lowest BCUT2D eigenvalue weighted by Gasteiger charge is -2.12. The third-order valence-corrected chi connectivity index (χ3v) is 7.77. The minimum atomic E-state index is -3.72. The zero-order valence-electron chi connectivity index (χ0n) is 15.4. The van der Waals surface area contributed by atoms with Gasteiger partial charge in [0.25, 0.3) is 15.9 Å². The van der Waals surface area contributed by atoms with E-state index in [1.54, 1.807) is 24.3 Å². The third kappa shape index (κ3) is 4.90. The molecule has 0 aliphatic carbocycles. The van der Waals surface area contributed by atoms with Gasteiger partial charge in [0.15, 0.2) is 9.84 Å². The number of hydrogen-bond acceptors (Lipinski definition) is 5. The third-order valence-electron chi connectivity index (χ3n) is 4.61. The molecule has 2 N–H and O–H groups in total. The molecule has 0 aromatic heterocycles. The lowest BCUT2D eigenvalue weighted by Crippen LogP contribution is -2.35. The van der Waals surface area contributed by atoms with Gasteiger partial charge in [-0.3, -0.25) is 9.52 Å². The number of carbonyl (C=O) groups is 1. The Bertz CT molecular complexity index is 1060. The van der Waals surface area contributed by atoms with Crippen molar-refractivity contribution in [2.24, 2.45) is 0 Å². The molecule has 1 atom stereocenters. The molecule has 7 nitrogen and oxygen atoms in total. The van der Waals surface area contributed by atoms with E-state index in [0.717, 1.165) is 12.0 Å². The predicted octanol–water partition coefficient (Wildman–Crippen LogP) is 1.97. The van der Waals surface area contributed by atoms with E-state index < -0.39 is 19.9 Å². The number of aryl methyl sites for hydroxylation is 1. The highest BCUT2D eigenvalue weighted by Gasteiger charge is 2.29. The van der Waals surface area contributed by atoms with Crippen LogP contribution in [-0.2, 0) is 26.3 Å². The van der Waals surface area contributed by atoms with Gasteiger partial charge in [-0.2, -0.15) is 0 Å². The summed E-state index contributed by atoms with van der Waals surface area (Å²) in [5.74, 6) is -0.350. The topological polar surface area (TPSA) is 109 Å². The summed E-state index contributed by atoms with van der Waals surface area (Å²) < 4.78 is 50.4. The summed E-state index contributed by atoms with van der Waals surface area (Å²) in [5, 5.41) is 2.70. The first-order valence-corrected chi connectivity index (χ1v) is 12.2. The van der Waals surface area contributed by atoms with E-state index in [1.165, 1.54) is 24.3 Å². The fourth-order valence-corrected chi connectivity index (χ4v) is 5.72. The van der Waals surface area contributed by atoms with Crippen LogP contribution in [0.2, 0.25) is 0 Å². The van der Waals surface area contributed by atoms with Crippen LogP contribution in [0.1, 0.15) is 29.3 Å².